The lowest BCUT2D eigenvalue weighted by Crippen LogP contribution is -2.30. The number of amides is 1. The number of oxazole rings is 1. The van der Waals surface area contributed by atoms with Crippen molar-refractivity contribution in [2.24, 2.45) is 0 Å². The highest BCUT2D eigenvalue weighted by atomic mass is 16.7. The number of ether oxygens (including phenoxy) is 2. The van der Waals surface area contributed by atoms with Gasteiger partial charge in [-0.3, -0.25) is 4.79 Å². The number of benzene rings is 3. The third-order valence-corrected chi connectivity index (χ3v) is 5.93. The number of carbonyl (C=O) groups is 1. The van der Waals surface area contributed by atoms with Gasteiger partial charge in [-0.05, 0) is 54.3 Å². The Bertz CT molecular complexity index is 1280. The fourth-order valence-corrected chi connectivity index (χ4v) is 4.36. The standard InChI is InChI=1S/C25H20N2O4/c28-25(18-9-11-22-23(14-18)30-15-29-22)27-12-4-7-20(27)24-26-19-13-17(8-10-21(19)31-24)16-5-2-1-3-6-16/h1-3,5-6,8-11,13-14,20H,4,7,12,15H2. The van der Waals surface area contributed by atoms with Gasteiger partial charge in [0.25, 0.3) is 5.91 Å². The minimum Gasteiger partial charge on any atom is -0.454 e. The molecule has 0 radical (unpaired) electrons. The Morgan fingerprint density at radius 1 is 0.935 bits per heavy atom. The fourth-order valence-electron chi connectivity index (χ4n) is 4.36. The van der Waals surface area contributed by atoms with Crippen LogP contribution in [0.1, 0.15) is 35.1 Å². The lowest BCUT2D eigenvalue weighted by atomic mass is 10.1. The molecule has 1 atom stereocenters. The Hall–Kier alpha value is -3.80. The Balaban J connectivity index is 1.31. The first kappa shape index (κ1) is 18.0. The van der Waals surface area contributed by atoms with Crippen LogP contribution in [0.15, 0.2) is 71.1 Å². The maximum atomic E-state index is 13.2. The van der Waals surface area contributed by atoms with Crippen molar-refractivity contribution < 1.29 is 18.7 Å². The summed E-state index contributed by atoms with van der Waals surface area (Å²) in [6.45, 7) is 0.860. The Labute approximate surface area is 179 Å². The largest absolute Gasteiger partial charge is 0.454 e. The maximum absolute atomic E-state index is 13.2. The zero-order valence-corrected chi connectivity index (χ0v) is 16.8. The molecule has 3 heterocycles. The van der Waals surface area contributed by atoms with Crippen LogP contribution in [-0.4, -0.2) is 29.1 Å². The summed E-state index contributed by atoms with van der Waals surface area (Å²) in [6, 6.07) is 21.4. The summed E-state index contributed by atoms with van der Waals surface area (Å²) in [5, 5.41) is 0. The van der Waals surface area contributed by atoms with Gasteiger partial charge in [-0.15, -0.1) is 0 Å². The van der Waals surface area contributed by atoms with E-state index in [1.807, 2.05) is 41.3 Å². The van der Waals surface area contributed by atoms with Crippen molar-refractivity contribution >= 4 is 17.0 Å². The van der Waals surface area contributed by atoms with Crippen molar-refractivity contribution in [1.82, 2.24) is 9.88 Å². The minimum atomic E-state index is -0.175. The van der Waals surface area contributed by atoms with E-state index in [-0.39, 0.29) is 18.7 Å². The zero-order valence-electron chi connectivity index (χ0n) is 16.8. The molecule has 1 fully saturated rings. The number of likely N-dealkylation sites (tertiary alicyclic amines) is 1. The van der Waals surface area contributed by atoms with E-state index >= 15 is 0 Å². The first-order chi connectivity index (χ1) is 15.3. The number of hydrogen-bond donors (Lipinski definition) is 0. The molecule has 0 saturated carbocycles. The summed E-state index contributed by atoms with van der Waals surface area (Å²) in [5.74, 6) is 1.82. The third kappa shape index (κ3) is 3.11. The molecule has 2 aliphatic heterocycles. The second-order valence-electron chi connectivity index (χ2n) is 7.83. The van der Waals surface area contributed by atoms with Gasteiger partial charge in [0.15, 0.2) is 17.1 Å². The molecule has 2 aliphatic rings. The van der Waals surface area contributed by atoms with E-state index in [2.05, 4.69) is 12.1 Å². The lowest BCUT2D eigenvalue weighted by molar-refractivity contribution is 0.0716. The molecule has 31 heavy (non-hydrogen) atoms. The molecule has 6 heteroatoms. The first-order valence-corrected chi connectivity index (χ1v) is 10.4. The summed E-state index contributed by atoms with van der Waals surface area (Å²) in [7, 11) is 0. The van der Waals surface area contributed by atoms with Gasteiger partial charge < -0.3 is 18.8 Å². The predicted molar refractivity (Wildman–Crippen MR) is 115 cm³/mol. The third-order valence-electron chi connectivity index (χ3n) is 5.93. The molecular weight excluding hydrogens is 392 g/mol. The second-order valence-corrected chi connectivity index (χ2v) is 7.83. The number of fused-ring (bicyclic) bond motifs is 2. The van der Waals surface area contributed by atoms with Crippen LogP contribution in [0.4, 0.5) is 0 Å². The zero-order chi connectivity index (χ0) is 20.8. The van der Waals surface area contributed by atoms with E-state index in [4.69, 9.17) is 18.9 Å². The summed E-state index contributed by atoms with van der Waals surface area (Å²) < 4.78 is 16.9. The fraction of sp³-hybridized carbons (Fsp3) is 0.200. The van der Waals surface area contributed by atoms with Crippen molar-refractivity contribution in [3.8, 4) is 22.6 Å². The predicted octanol–water partition coefficient (Wildman–Crippen LogP) is 5.20. The Morgan fingerprint density at radius 3 is 2.71 bits per heavy atom. The SMILES string of the molecule is O=C(c1ccc2c(c1)OCO2)N1CCCC1c1nc2cc(-c3ccccc3)ccc2o1. The van der Waals surface area contributed by atoms with Crippen molar-refractivity contribution in [2.75, 3.05) is 13.3 Å². The molecule has 1 saturated heterocycles. The molecule has 1 aromatic heterocycles. The van der Waals surface area contributed by atoms with Crippen molar-refractivity contribution in [3.05, 3.63) is 78.2 Å². The molecule has 6 nitrogen and oxygen atoms in total. The van der Waals surface area contributed by atoms with E-state index in [0.29, 0.717) is 29.5 Å². The molecule has 6 rings (SSSR count). The maximum Gasteiger partial charge on any atom is 0.254 e. The smallest absolute Gasteiger partial charge is 0.254 e. The molecule has 1 amide bonds. The van der Waals surface area contributed by atoms with Crippen LogP contribution in [0.2, 0.25) is 0 Å². The number of carbonyl (C=O) groups excluding carboxylic acids is 1. The highest BCUT2D eigenvalue weighted by Gasteiger charge is 2.34. The van der Waals surface area contributed by atoms with Gasteiger partial charge in [0.2, 0.25) is 12.7 Å². The minimum absolute atomic E-state index is 0.0481. The quantitative estimate of drug-likeness (QED) is 0.463. The van der Waals surface area contributed by atoms with Crippen LogP contribution < -0.4 is 9.47 Å². The molecule has 154 valence electrons. The van der Waals surface area contributed by atoms with E-state index in [1.165, 1.54) is 0 Å². The van der Waals surface area contributed by atoms with E-state index < -0.39 is 0 Å². The van der Waals surface area contributed by atoms with Gasteiger partial charge in [-0.1, -0.05) is 36.4 Å². The van der Waals surface area contributed by atoms with E-state index in [9.17, 15) is 4.79 Å². The van der Waals surface area contributed by atoms with Crippen LogP contribution in [-0.2, 0) is 0 Å². The number of nitrogens with zero attached hydrogens (tertiary/aromatic N) is 2. The monoisotopic (exact) mass is 412 g/mol. The van der Waals surface area contributed by atoms with Crippen LogP contribution in [0.25, 0.3) is 22.2 Å². The van der Waals surface area contributed by atoms with Crippen LogP contribution in [0.5, 0.6) is 11.5 Å². The van der Waals surface area contributed by atoms with Crippen LogP contribution >= 0.6 is 0 Å². The number of hydrogen-bond acceptors (Lipinski definition) is 5. The molecule has 4 aromatic rings. The summed E-state index contributed by atoms with van der Waals surface area (Å²) in [6.07, 6.45) is 1.74. The molecular formula is C25H20N2O4. The van der Waals surface area contributed by atoms with Gasteiger partial charge >= 0.3 is 0 Å². The number of aromatic nitrogens is 1. The highest BCUT2D eigenvalue weighted by molar-refractivity contribution is 5.95. The molecule has 1 unspecified atom stereocenters. The second kappa shape index (κ2) is 7.16. The summed E-state index contributed by atoms with van der Waals surface area (Å²) >= 11 is 0. The van der Waals surface area contributed by atoms with Crippen LogP contribution in [0.3, 0.4) is 0 Å². The molecule has 0 bridgehead atoms. The van der Waals surface area contributed by atoms with Gasteiger partial charge in [0.05, 0.1) is 0 Å². The Morgan fingerprint density at radius 2 is 1.81 bits per heavy atom. The average molecular weight is 412 g/mol. The lowest BCUT2D eigenvalue weighted by Gasteiger charge is -2.22. The molecule has 0 spiro atoms. The number of rotatable bonds is 3. The average Bonchev–Trinajstić information content (AvgIpc) is 3.56. The summed E-state index contributed by atoms with van der Waals surface area (Å²) in [5.41, 5.74) is 4.34. The summed E-state index contributed by atoms with van der Waals surface area (Å²) in [4.78, 5) is 19.9. The van der Waals surface area contributed by atoms with Crippen LogP contribution in [0, 0.1) is 0 Å². The van der Waals surface area contributed by atoms with Gasteiger partial charge in [0.1, 0.15) is 11.6 Å². The normalized spacial score (nSPS) is 17.4. The van der Waals surface area contributed by atoms with Gasteiger partial charge in [-0.2, -0.15) is 0 Å². The van der Waals surface area contributed by atoms with Crippen molar-refractivity contribution in [2.45, 2.75) is 18.9 Å². The van der Waals surface area contributed by atoms with Gasteiger partial charge in [-0.25, -0.2) is 4.98 Å². The molecule has 3 aromatic carbocycles. The van der Waals surface area contributed by atoms with Gasteiger partial charge in [0, 0.05) is 12.1 Å². The molecule has 0 N–H and O–H groups in total. The van der Waals surface area contributed by atoms with E-state index in [0.717, 1.165) is 35.1 Å². The van der Waals surface area contributed by atoms with E-state index in [1.54, 1.807) is 18.2 Å². The first-order valence-electron chi connectivity index (χ1n) is 10.4. The topological polar surface area (TPSA) is 64.8 Å². The highest BCUT2D eigenvalue weighted by Crippen LogP contribution is 2.37. The molecule has 0 aliphatic carbocycles. The van der Waals surface area contributed by atoms with Crippen molar-refractivity contribution in [1.29, 1.82) is 0 Å². The Kier molecular flexibility index (Phi) is 4.16. The van der Waals surface area contributed by atoms with Crippen molar-refractivity contribution in [3.63, 3.8) is 0 Å².